The van der Waals surface area contributed by atoms with Gasteiger partial charge >= 0.3 is 0 Å². The third-order valence-electron chi connectivity index (χ3n) is 2.42. The minimum atomic E-state index is -1.38. The maximum absolute atomic E-state index is 12.3. The van der Waals surface area contributed by atoms with Gasteiger partial charge < -0.3 is 0 Å². The van der Waals surface area contributed by atoms with E-state index in [0.717, 1.165) is 0 Å². The fraction of sp³-hybridized carbons (Fsp3) is 0.0769. The fourth-order valence-electron chi connectivity index (χ4n) is 1.53. The highest BCUT2D eigenvalue weighted by Crippen LogP contribution is 2.25. The number of rotatable bonds is 3. The van der Waals surface area contributed by atoms with Crippen LogP contribution in [0.25, 0.3) is 0 Å². The molecule has 0 fully saturated rings. The summed E-state index contributed by atoms with van der Waals surface area (Å²) in [6.07, 6.45) is 1.53. The molecule has 0 amide bonds. The van der Waals surface area contributed by atoms with Crippen molar-refractivity contribution in [3.63, 3.8) is 0 Å². The summed E-state index contributed by atoms with van der Waals surface area (Å²) in [7, 11) is -1.38. The molecule has 6 heteroatoms. The zero-order chi connectivity index (χ0) is 13.8. The van der Waals surface area contributed by atoms with Crippen LogP contribution < -0.4 is 0 Å². The molecule has 1 aromatic carbocycles. The molecular weight excluding hydrogens is 303 g/mol. The lowest BCUT2D eigenvalue weighted by Gasteiger charge is -2.06. The summed E-state index contributed by atoms with van der Waals surface area (Å²) in [4.78, 5) is 4.39. The molecule has 0 saturated carbocycles. The Kier molecular flexibility index (Phi) is 4.54. The molecule has 3 nitrogen and oxygen atoms in total. The SMILES string of the molecule is N#Cc1ncccc1CS(=O)c1cc(Cl)ccc1Cl. The lowest BCUT2D eigenvalue weighted by molar-refractivity contribution is 0.682. The van der Waals surface area contributed by atoms with Gasteiger partial charge in [-0.25, -0.2) is 4.98 Å². The number of hydrogen-bond acceptors (Lipinski definition) is 3. The van der Waals surface area contributed by atoms with Crippen LogP contribution in [0.3, 0.4) is 0 Å². The molecule has 0 radical (unpaired) electrons. The Balaban J connectivity index is 2.31. The van der Waals surface area contributed by atoms with E-state index in [-0.39, 0.29) is 11.4 Å². The van der Waals surface area contributed by atoms with Gasteiger partial charge in [-0.3, -0.25) is 4.21 Å². The van der Waals surface area contributed by atoms with E-state index < -0.39 is 10.8 Å². The van der Waals surface area contributed by atoms with Crippen molar-refractivity contribution in [3.05, 3.63) is 57.8 Å². The molecule has 0 N–H and O–H groups in total. The largest absolute Gasteiger partial charge is 0.254 e. The Bertz CT molecular complexity index is 683. The van der Waals surface area contributed by atoms with Gasteiger partial charge in [-0.15, -0.1) is 0 Å². The molecule has 2 aromatic rings. The summed E-state index contributed by atoms with van der Waals surface area (Å²) in [6.45, 7) is 0. The fourth-order valence-corrected chi connectivity index (χ4v) is 3.35. The number of nitrogens with zero attached hydrogens (tertiary/aromatic N) is 2. The summed E-state index contributed by atoms with van der Waals surface area (Å²) in [6, 6.07) is 10.2. The highest BCUT2D eigenvalue weighted by molar-refractivity contribution is 7.84. The van der Waals surface area contributed by atoms with Crippen LogP contribution in [-0.4, -0.2) is 9.19 Å². The second-order valence-electron chi connectivity index (χ2n) is 3.69. The van der Waals surface area contributed by atoms with Gasteiger partial charge in [0, 0.05) is 16.8 Å². The molecule has 0 aliphatic heterocycles. The molecule has 1 aromatic heterocycles. The minimum Gasteiger partial charge on any atom is -0.254 e. The van der Waals surface area contributed by atoms with Crippen molar-refractivity contribution in [2.45, 2.75) is 10.6 Å². The Morgan fingerprint density at radius 1 is 1.32 bits per heavy atom. The number of nitriles is 1. The quantitative estimate of drug-likeness (QED) is 0.871. The molecule has 1 heterocycles. The van der Waals surface area contributed by atoms with E-state index >= 15 is 0 Å². The number of aromatic nitrogens is 1. The first-order valence-electron chi connectivity index (χ1n) is 5.29. The molecule has 0 spiro atoms. The van der Waals surface area contributed by atoms with Crippen LogP contribution >= 0.6 is 23.2 Å². The van der Waals surface area contributed by atoms with Crippen LogP contribution in [0.1, 0.15) is 11.3 Å². The van der Waals surface area contributed by atoms with Crippen LogP contribution in [0.5, 0.6) is 0 Å². The summed E-state index contributed by atoms with van der Waals surface area (Å²) in [5.41, 5.74) is 0.897. The third-order valence-corrected chi connectivity index (χ3v) is 4.50. The summed E-state index contributed by atoms with van der Waals surface area (Å²) < 4.78 is 12.3. The highest BCUT2D eigenvalue weighted by atomic mass is 35.5. The summed E-state index contributed by atoms with van der Waals surface area (Å²) in [5, 5.41) is 9.81. The monoisotopic (exact) mass is 310 g/mol. The van der Waals surface area contributed by atoms with Crippen molar-refractivity contribution in [1.82, 2.24) is 4.98 Å². The Hall–Kier alpha value is -1.41. The number of halogens is 2. The second kappa shape index (κ2) is 6.16. The molecule has 0 aliphatic rings. The minimum absolute atomic E-state index is 0.177. The van der Waals surface area contributed by atoms with E-state index in [9.17, 15) is 4.21 Å². The lowest BCUT2D eigenvalue weighted by Crippen LogP contribution is -2.01. The smallest absolute Gasteiger partial charge is 0.144 e. The van der Waals surface area contributed by atoms with Crippen molar-refractivity contribution in [1.29, 1.82) is 5.26 Å². The van der Waals surface area contributed by atoms with Gasteiger partial charge in [0.25, 0.3) is 0 Å². The van der Waals surface area contributed by atoms with Gasteiger partial charge in [-0.2, -0.15) is 5.26 Å². The van der Waals surface area contributed by atoms with Crippen molar-refractivity contribution in [3.8, 4) is 6.07 Å². The van der Waals surface area contributed by atoms with Crippen molar-refractivity contribution < 1.29 is 4.21 Å². The number of hydrogen-bond donors (Lipinski definition) is 0. The van der Waals surface area contributed by atoms with Crippen LogP contribution in [0.4, 0.5) is 0 Å². The number of benzene rings is 1. The first-order chi connectivity index (χ1) is 9.11. The average molecular weight is 311 g/mol. The Morgan fingerprint density at radius 2 is 2.11 bits per heavy atom. The summed E-state index contributed by atoms with van der Waals surface area (Å²) >= 11 is 11.9. The van der Waals surface area contributed by atoms with Gasteiger partial charge in [-0.05, 0) is 24.3 Å². The van der Waals surface area contributed by atoms with Crippen molar-refractivity contribution in [2.24, 2.45) is 0 Å². The number of pyridine rings is 1. The zero-order valence-corrected chi connectivity index (χ0v) is 12.0. The van der Waals surface area contributed by atoms with Gasteiger partial charge in [0.15, 0.2) is 0 Å². The molecule has 1 atom stereocenters. The maximum atomic E-state index is 12.3. The summed E-state index contributed by atoms with van der Waals surface area (Å²) in [5.74, 6) is 0.177. The predicted octanol–water partition coefficient (Wildman–Crippen LogP) is 3.57. The van der Waals surface area contributed by atoms with Gasteiger partial charge in [0.1, 0.15) is 11.8 Å². The van der Waals surface area contributed by atoms with Gasteiger partial charge in [-0.1, -0.05) is 29.3 Å². The third kappa shape index (κ3) is 3.32. The van der Waals surface area contributed by atoms with Crippen LogP contribution in [0.15, 0.2) is 41.4 Å². The standard InChI is InChI=1S/C13H8Cl2N2OS/c14-10-3-4-11(15)13(6-10)19(18)8-9-2-1-5-17-12(9)7-16/h1-6H,8H2. The van der Waals surface area contributed by atoms with Crippen LogP contribution in [-0.2, 0) is 16.6 Å². The Morgan fingerprint density at radius 3 is 2.84 bits per heavy atom. The van der Waals surface area contributed by atoms with E-state index in [4.69, 9.17) is 28.5 Å². The first-order valence-corrected chi connectivity index (χ1v) is 7.36. The van der Waals surface area contributed by atoms with E-state index in [2.05, 4.69) is 4.98 Å². The zero-order valence-electron chi connectivity index (χ0n) is 9.64. The van der Waals surface area contributed by atoms with E-state index in [1.165, 1.54) is 6.20 Å². The van der Waals surface area contributed by atoms with Crippen LogP contribution in [0.2, 0.25) is 10.0 Å². The topological polar surface area (TPSA) is 53.8 Å². The second-order valence-corrected chi connectivity index (χ2v) is 5.95. The maximum Gasteiger partial charge on any atom is 0.144 e. The van der Waals surface area contributed by atoms with Crippen molar-refractivity contribution in [2.75, 3.05) is 0 Å². The molecule has 0 saturated heterocycles. The normalized spacial score (nSPS) is 11.8. The van der Waals surface area contributed by atoms with Gasteiger partial charge in [0.05, 0.1) is 26.5 Å². The average Bonchev–Trinajstić information content (AvgIpc) is 2.42. The predicted molar refractivity (Wildman–Crippen MR) is 75.5 cm³/mol. The van der Waals surface area contributed by atoms with E-state index in [1.54, 1.807) is 30.3 Å². The lowest BCUT2D eigenvalue weighted by atomic mass is 10.2. The molecule has 0 aliphatic carbocycles. The molecule has 2 rings (SSSR count). The molecule has 0 bridgehead atoms. The van der Waals surface area contributed by atoms with Crippen LogP contribution in [0, 0.1) is 11.3 Å². The first kappa shape index (κ1) is 14.0. The van der Waals surface area contributed by atoms with Gasteiger partial charge in [0.2, 0.25) is 0 Å². The van der Waals surface area contributed by atoms with E-state index in [1.807, 2.05) is 6.07 Å². The molecule has 96 valence electrons. The van der Waals surface area contributed by atoms with Crippen molar-refractivity contribution >= 4 is 34.0 Å². The van der Waals surface area contributed by atoms with E-state index in [0.29, 0.717) is 20.5 Å². The molecule has 19 heavy (non-hydrogen) atoms. The Labute approximate surface area is 123 Å². The molecular formula is C13H8Cl2N2OS. The highest BCUT2D eigenvalue weighted by Gasteiger charge is 2.13. The molecule has 1 unspecified atom stereocenters.